The molecule has 0 aromatic heterocycles. The molecule has 84 valence electrons. The summed E-state index contributed by atoms with van der Waals surface area (Å²) in [5, 5.41) is 8.72. The Hall–Kier alpha value is -1.79. The number of ether oxygens (including phenoxy) is 2. The molecule has 0 aliphatic carbocycles. The van der Waals surface area contributed by atoms with E-state index in [4.69, 9.17) is 14.7 Å². The molecule has 0 unspecified atom stereocenters. The summed E-state index contributed by atoms with van der Waals surface area (Å²) in [4.78, 5) is 0. The maximum Gasteiger partial charge on any atom is 0.197 e. The minimum atomic E-state index is 0.327. The van der Waals surface area contributed by atoms with Crippen LogP contribution < -0.4 is 0 Å². The minimum absolute atomic E-state index is 0.327. The second kappa shape index (κ2) is 6.65. The third-order valence-electron chi connectivity index (χ3n) is 2.12. The summed E-state index contributed by atoms with van der Waals surface area (Å²) in [6.07, 6.45) is 0. The largest absolute Gasteiger partial charge is 0.487 e. The molecule has 0 saturated carbocycles. The van der Waals surface area contributed by atoms with E-state index in [1.165, 1.54) is 7.11 Å². The molecular formula is C13H15NO2. The van der Waals surface area contributed by atoms with Gasteiger partial charge in [-0.3, -0.25) is 0 Å². The van der Waals surface area contributed by atoms with E-state index < -0.39 is 0 Å². The molecule has 3 nitrogen and oxygen atoms in total. The van der Waals surface area contributed by atoms with Gasteiger partial charge in [0.15, 0.2) is 5.76 Å². The monoisotopic (exact) mass is 217 g/mol. The van der Waals surface area contributed by atoms with Crippen molar-refractivity contribution >= 4 is 0 Å². The first kappa shape index (κ1) is 12.3. The van der Waals surface area contributed by atoms with Gasteiger partial charge in [0.2, 0.25) is 0 Å². The molecule has 0 amide bonds. The summed E-state index contributed by atoms with van der Waals surface area (Å²) < 4.78 is 10.4. The SMILES string of the molecule is CO/C(C#N)=C(\C)COCc1ccccc1. The molecule has 0 atom stereocenters. The molecule has 0 aliphatic heterocycles. The summed E-state index contributed by atoms with van der Waals surface area (Å²) in [5.74, 6) is 0.327. The first-order valence-electron chi connectivity index (χ1n) is 5.03. The Morgan fingerprint density at radius 1 is 1.31 bits per heavy atom. The molecule has 1 aromatic carbocycles. The Bertz CT molecular complexity index is 390. The van der Waals surface area contributed by atoms with Crippen LogP contribution in [0.5, 0.6) is 0 Å². The number of methoxy groups -OCH3 is 1. The van der Waals surface area contributed by atoms with Gasteiger partial charge in [-0.15, -0.1) is 0 Å². The summed E-state index contributed by atoms with van der Waals surface area (Å²) in [5.41, 5.74) is 1.92. The van der Waals surface area contributed by atoms with Crippen LogP contribution in [0.4, 0.5) is 0 Å². The standard InChI is InChI=1S/C13H15NO2/c1-11(13(8-14)15-2)9-16-10-12-6-4-3-5-7-12/h3-7H,9-10H2,1-2H3/b13-11+. The Labute approximate surface area is 95.9 Å². The third kappa shape index (κ3) is 3.76. The molecule has 0 N–H and O–H groups in total. The lowest BCUT2D eigenvalue weighted by Gasteiger charge is -2.06. The Morgan fingerprint density at radius 3 is 2.56 bits per heavy atom. The molecule has 16 heavy (non-hydrogen) atoms. The normalized spacial score (nSPS) is 11.6. The fourth-order valence-electron chi connectivity index (χ4n) is 1.28. The van der Waals surface area contributed by atoms with Gasteiger partial charge in [-0.05, 0) is 12.5 Å². The van der Waals surface area contributed by atoms with Crippen LogP contribution in [-0.2, 0) is 16.1 Å². The predicted molar refractivity (Wildman–Crippen MR) is 61.4 cm³/mol. The molecule has 3 heteroatoms. The molecule has 1 rings (SSSR count). The Kier molecular flexibility index (Phi) is 5.10. The smallest absolute Gasteiger partial charge is 0.197 e. The summed E-state index contributed by atoms with van der Waals surface area (Å²) in [6.45, 7) is 2.78. The average molecular weight is 217 g/mol. The zero-order chi connectivity index (χ0) is 11.8. The van der Waals surface area contributed by atoms with Gasteiger partial charge in [0.1, 0.15) is 6.07 Å². The van der Waals surface area contributed by atoms with E-state index in [1.807, 2.05) is 43.3 Å². The van der Waals surface area contributed by atoms with Gasteiger partial charge in [-0.1, -0.05) is 30.3 Å². The van der Waals surface area contributed by atoms with Crippen molar-refractivity contribution in [3.05, 3.63) is 47.2 Å². The van der Waals surface area contributed by atoms with Crippen molar-refractivity contribution < 1.29 is 9.47 Å². The molecule has 0 bridgehead atoms. The molecule has 1 aromatic rings. The second-order valence-corrected chi connectivity index (χ2v) is 3.40. The van der Waals surface area contributed by atoms with Gasteiger partial charge in [0.05, 0.1) is 20.3 Å². The van der Waals surface area contributed by atoms with Gasteiger partial charge in [0.25, 0.3) is 0 Å². The van der Waals surface area contributed by atoms with Crippen molar-refractivity contribution in [2.24, 2.45) is 0 Å². The van der Waals surface area contributed by atoms with E-state index in [-0.39, 0.29) is 0 Å². The van der Waals surface area contributed by atoms with Gasteiger partial charge in [-0.25, -0.2) is 0 Å². The van der Waals surface area contributed by atoms with Crippen LogP contribution in [0.3, 0.4) is 0 Å². The lowest BCUT2D eigenvalue weighted by molar-refractivity contribution is 0.138. The first-order chi connectivity index (χ1) is 7.77. The summed E-state index contributed by atoms with van der Waals surface area (Å²) >= 11 is 0. The average Bonchev–Trinajstić information content (AvgIpc) is 2.32. The molecule has 0 aliphatic rings. The topological polar surface area (TPSA) is 42.2 Å². The zero-order valence-electron chi connectivity index (χ0n) is 9.56. The highest BCUT2D eigenvalue weighted by atomic mass is 16.5. The van der Waals surface area contributed by atoms with E-state index in [0.717, 1.165) is 11.1 Å². The Morgan fingerprint density at radius 2 is 2.00 bits per heavy atom. The summed E-state index contributed by atoms with van der Waals surface area (Å²) in [6, 6.07) is 11.9. The number of rotatable bonds is 5. The molecule has 0 spiro atoms. The molecule has 0 fully saturated rings. The van der Waals surface area contributed by atoms with Gasteiger partial charge < -0.3 is 9.47 Å². The van der Waals surface area contributed by atoms with Gasteiger partial charge >= 0.3 is 0 Å². The van der Waals surface area contributed by atoms with Crippen molar-refractivity contribution in [2.75, 3.05) is 13.7 Å². The van der Waals surface area contributed by atoms with Crippen LogP contribution in [0.1, 0.15) is 12.5 Å². The second-order valence-electron chi connectivity index (χ2n) is 3.40. The van der Waals surface area contributed by atoms with Crippen LogP contribution in [0.2, 0.25) is 0 Å². The number of allylic oxidation sites excluding steroid dienone is 1. The summed E-state index contributed by atoms with van der Waals surface area (Å²) in [7, 11) is 1.49. The quantitative estimate of drug-likeness (QED) is 0.562. The van der Waals surface area contributed by atoms with Crippen molar-refractivity contribution in [2.45, 2.75) is 13.5 Å². The van der Waals surface area contributed by atoms with Crippen LogP contribution in [0.15, 0.2) is 41.7 Å². The fourth-order valence-corrected chi connectivity index (χ4v) is 1.28. The highest BCUT2D eigenvalue weighted by Crippen LogP contribution is 2.06. The highest BCUT2D eigenvalue weighted by molar-refractivity contribution is 5.20. The molecule has 0 saturated heterocycles. The van der Waals surface area contributed by atoms with Crippen LogP contribution in [0, 0.1) is 11.3 Å². The highest BCUT2D eigenvalue weighted by Gasteiger charge is 2.01. The van der Waals surface area contributed by atoms with Crippen LogP contribution in [0.25, 0.3) is 0 Å². The lowest BCUT2D eigenvalue weighted by Crippen LogP contribution is -2.00. The fraction of sp³-hybridized carbons (Fsp3) is 0.308. The van der Waals surface area contributed by atoms with E-state index in [2.05, 4.69) is 0 Å². The third-order valence-corrected chi connectivity index (χ3v) is 2.12. The van der Waals surface area contributed by atoms with Crippen molar-refractivity contribution in [3.63, 3.8) is 0 Å². The van der Waals surface area contributed by atoms with E-state index in [0.29, 0.717) is 19.0 Å². The van der Waals surface area contributed by atoms with E-state index in [9.17, 15) is 0 Å². The first-order valence-corrected chi connectivity index (χ1v) is 5.03. The van der Waals surface area contributed by atoms with Gasteiger partial charge in [0, 0.05) is 5.57 Å². The van der Waals surface area contributed by atoms with Gasteiger partial charge in [-0.2, -0.15) is 5.26 Å². The van der Waals surface area contributed by atoms with E-state index >= 15 is 0 Å². The number of nitriles is 1. The predicted octanol–water partition coefficient (Wildman–Crippen LogP) is 2.65. The number of hydrogen-bond donors (Lipinski definition) is 0. The number of benzene rings is 1. The number of nitrogens with zero attached hydrogens (tertiary/aromatic N) is 1. The lowest BCUT2D eigenvalue weighted by atomic mass is 10.2. The maximum atomic E-state index is 8.72. The van der Waals surface area contributed by atoms with Crippen LogP contribution >= 0.6 is 0 Å². The number of hydrogen-bond acceptors (Lipinski definition) is 3. The Balaban J connectivity index is 2.42. The van der Waals surface area contributed by atoms with Crippen molar-refractivity contribution in [1.29, 1.82) is 5.26 Å². The maximum absolute atomic E-state index is 8.72. The molecule has 0 heterocycles. The van der Waals surface area contributed by atoms with Crippen molar-refractivity contribution in [1.82, 2.24) is 0 Å². The minimum Gasteiger partial charge on any atom is -0.487 e. The van der Waals surface area contributed by atoms with Crippen LogP contribution in [-0.4, -0.2) is 13.7 Å². The van der Waals surface area contributed by atoms with E-state index in [1.54, 1.807) is 0 Å². The zero-order valence-corrected chi connectivity index (χ0v) is 9.56. The molecular weight excluding hydrogens is 202 g/mol. The molecule has 0 radical (unpaired) electrons. The van der Waals surface area contributed by atoms with Crippen molar-refractivity contribution in [3.8, 4) is 6.07 Å².